The number of hydrogen-bond donors (Lipinski definition) is 2. The third-order valence-electron chi connectivity index (χ3n) is 4.65. The fourth-order valence-electron chi connectivity index (χ4n) is 3.25. The number of ether oxygens (including phenoxy) is 1. The monoisotopic (exact) mass is 391 g/mol. The summed E-state index contributed by atoms with van der Waals surface area (Å²) in [5.41, 5.74) is 2.00. The summed E-state index contributed by atoms with van der Waals surface area (Å²) in [6, 6.07) is 12.5. The minimum atomic E-state index is -0.837. The van der Waals surface area contributed by atoms with Crippen LogP contribution in [0.1, 0.15) is 27.5 Å². The maximum absolute atomic E-state index is 13.5. The van der Waals surface area contributed by atoms with Gasteiger partial charge in [0, 0.05) is 5.56 Å². The van der Waals surface area contributed by atoms with Crippen LogP contribution >= 0.6 is 0 Å². The minimum absolute atomic E-state index is 0.0115. The van der Waals surface area contributed by atoms with Gasteiger partial charge in [-0.15, -0.1) is 0 Å². The molecule has 0 saturated heterocycles. The van der Waals surface area contributed by atoms with Crippen LogP contribution in [0.4, 0.5) is 5.95 Å². The molecule has 146 valence electrons. The number of Topliss-reactive ketones (excluding diaryl/α,β-unsaturated/α-hetero) is 1. The molecule has 29 heavy (non-hydrogen) atoms. The molecule has 1 aromatic heterocycles. The largest absolute Gasteiger partial charge is 0.508 e. The quantitative estimate of drug-likeness (QED) is 0.512. The average Bonchev–Trinajstić information content (AvgIpc) is 3.20. The van der Waals surface area contributed by atoms with Crippen molar-refractivity contribution < 1.29 is 19.4 Å². The summed E-state index contributed by atoms with van der Waals surface area (Å²) >= 11 is 0. The number of benzene rings is 2. The SMILES string of the molecule is COC(=O)C1=C(C(=O)c2ccc(C)cc2)C(c2cccc(O)c2)n2nnnc2N1. The van der Waals surface area contributed by atoms with Crippen LogP contribution in [0.2, 0.25) is 0 Å². The lowest BCUT2D eigenvalue weighted by molar-refractivity contribution is -0.136. The zero-order valence-corrected chi connectivity index (χ0v) is 15.7. The number of carbonyl (C=O) groups excluding carboxylic acids is 2. The molecule has 2 aromatic carbocycles. The fourth-order valence-corrected chi connectivity index (χ4v) is 3.25. The van der Waals surface area contributed by atoms with Crippen molar-refractivity contribution in [2.24, 2.45) is 0 Å². The van der Waals surface area contributed by atoms with Gasteiger partial charge in [0.25, 0.3) is 0 Å². The molecule has 3 aromatic rings. The zero-order chi connectivity index (χ0) is 20.5. The van der Waals surface area contributed by atoms with Crippen molar-refractivity contribution in [1.29, 1.82) is 0 Å². The number of aromatic hydroxyl groups is 1. The lowest BCUT2D eigenvalue weighted by Gasteiger charge is -2.28. The molecule has 1 unspecified atom stereocenters. The Morgan fingerprint density at radius 1 is 1.17 bits per heavy atom. The molecule has 0 aliphatic carbocycles. The van der Waals surface area contributed by atoms with Gasteiger partial charge in [0.2, 0.25) is 5.95 Å². The number of carbonyl (C=O) groups is 2. The Kier molecular flexibility index (Phi) is 4.55. The predicted octanol–water partition coefficient (Wildman–Crippen LogP) is 2.01. The minimum Gasteiger partial charge on any atom is -0.508 e. The molecule has 0 amide bonds. The number of nitrogens with one attached hydrogen (secondary N) is 1. The van der Waals surface area contributed by atoms with Crippen LogP contribution in [0.3, 0.4) is 0 Å². The van der Waals surface area contributed by atoms with Crippen molar-refractivity contribution in [3.05, 3.63) is 76.5 Å². The van der Waals surface area contributed by atoms with Crippen molar-refractivity contribution in [2.45, 2.75) is 13.0 Å². The Morgan fingerprint density at radius 2 is 1.93 bits per heavy atom. The number of phenolic OH excluding ortho intramolecular Hbond substituents is 1. The smallest absolute Gasteiger partial charge is 0.355 e. The van der Waals surface area contributed by atoms with Crippen molar-refractivity contribution in [3.63, 3.8) is 0 Å². The van der Waals surface area contributed by atoms with E-state index in [-0.39, 0.29) is 28.8 Å². The van der Waals surface area contributed by atoms with E-state index in [1.165, 1.54) is 23.9 Å². The van der Waals surface area contributed by atoms with Crippen LogP contribution < -0.4 is 5.32 Å². The predicted molar refractivity (Wildman–Crippen MR) is 102 cm³/mol. The Hall–Kier alpha value is -4.01. The van der Waals surface area contributed by atoms with Crippen molar-refractivity contribution in [1.82, 2.24) is 20.2 Å². The van der Waals surface area contributed by atoms with Gasteiger partial charge >= 0.3 is 5.97 Å². The van der Waals surface area contributed by atoms with E-state index in [1.54, 1.807) is 24.3 Å². The highest BCUT2D eigenvalue weighted by Gasteiger charge is 2.38. The van der Waals surface area contributed by atoms with E-state index in [9.17, 15) is 14.7 Å². The van der Waals surface area contributed by atoms with Gasteiger partial charge in [0.05, 0.1) is 12.7 Å². The normalized spacial score (nSPS) is 15.4. The van der Waals surface area contributed by atoms with Crippen LogP contribution in [0.5, 0.6) is 5.75 Å². The lowest BCUT2D eigenvalue weighted by atomic mass is 9.89. The first-order chi connectivity index (χ1) is 14.0. The number of aryl methyl sites for hydroxylation is 1. The molecular weight excluding hydrogens is 374 g/mol. The lowest BCUT2D eigenvalue weighted by Crippen LogP contribution is -2.32. The second-order valence-electron chi connectivity index (χ2n) is 6.54. The summed E-state index contributed by atoms with van der Waals surface area (Å²) in [6.07, 6.45) is 0. The molecule has 1 aliphatic rings. The first kappa shape index (κ1) is 18.4. The first-order valence-corrected chi connectivity index (χ1v) is 8.77. The number of phenols is 1. The van der Waals surface area contributed by atoms with E-state index in [0.29, 0.717) is 11.1 Å². The molecule has 0 fully saturated rings. The molecule has 0 saturated carbocycles. The summed E-state index contributed by atoms with van der Waals surface area (Å²) in [5.74, 6) is -0.913. The summed E-state index contributed by atoms with van der Waals surface area (Å²) in [5, 5.41) is 24.3. The van der Waals surface area contributed by atoms with Gasteiger partial charge in [-0.3, -0.25) is 4.79 Å². The number of anilines is 1. The zero-order valence-electron chi connectivity index (χ0n) is 15.7. The molecule has 9 heteroatoms. The number of rotatable bonds is 4. The standard InChI is InChI=1S/C20H17N5O4/c1-11-6-8-12(9-7-11)18(27)15-16(19(28)29-2)21-20-22-23-24-25(20)17(15)13-4-3-5-14(26)10-13/h3-10,17,26H,1-2H3,(H,21,22,24). The highest BCUT2D eigenvalue weighted by molar-refractivity contribution is 6.14. The Bertz CT molecular complexity index is 1130. The van der Waals surface area contributed by atoms with E-state index in [2.05, 4.69) is 20.8 Å². The molecule has 0 bridgehead atoms. The summed E-state index contributed by atoms with van der Waals surface area (Å²) in [4.78, 5) is 26.0. The molecule has 9 nitrogen and oxygen atoms in total. The number of aromatic nitrogens is 4. The third kappa shape index (κ3) is 3.22. The molecule has 1 aliphatic heterocycles. The number of ketones is 1. The number of nitrogens with zero attached hydrogens (tertiary/aromatic N) is 4. The van der Waals surface area contributed by atoms with E-state index in [0.717, 1.165) is 5.56 Å². The van der Waals surface area contributed by atoms with Gasteiger partial charge in [-0.1, -0.05) is 47.1 Å². The second-order valence-corrected chi connectivity index (χ2v) is 6.54. The molecule has 4 rings (SSSR count). The van der Waals surface area contributed by atoms with Crippen LogP contribution in [-0.4, -0.2) is 44.2 Å². The maximum atomic E-state index is 13.5. The van der Waals surface area contributed by atoms with E-state index in [1.807, 2.05) is 19.1 Å². The first-order valence-electron chi connectivity index (χ1n) is 8.77. The topological polar surface area (TPSA) is 119 Å². The number of tetrazole rings is 1. The van der Waals surface area contributed by atoms with Crippen molar-refractivity contribution >= 4 is 17.7 Å². The molecule has 2 heterocycles. The molecule has 0 spiro atoms. The fraction of sp³-hybridized carbons (Fsp3) is 0.150. The maximum Gasteiger partial charge on any atom is 0.355 e. The highest BCUT2D eigenvalue weighted by atomic mass is 16.5. The molecule has 1 atom stereocenters. The van der Waals surface area contributed by atoms with Gasteiger partial charge < -0.3 is 15.2 Å². The average molecular weight is 391 g/mol. The highest BCUT2D eigenvalue weighted by Crippen LogP contribution is 2.37. The summed E-state index contributed by atoms with van der Waals surface area (Å²) in [6.45, 7) is 1.92. The van der Waals surface area contributed by atoms with Crippen LogP contribution in [0.25, 0.3) is 0 Å². The van der Waals surface area contributed by atoms with Crippen LogP contribution in [-0.2, 0) is 9.53 Å². The van der Waals surface area contributed by atoms with E-state index >= 15 is 0 Å². The summed E-state index contributed by atoms with van der Waals surface area (Å²) < 4.78 is 6.28. The van der Waals surface area contributed by atoms with Gasteiger partial charge in [-0.2, -0.15) is 4.68 Å². The Labute approximate surface area is 165 Å². The van der Waals surface area contributed by atoms with Gasteiger partial charge in [-0.25, -0.2) is 4.79 Å². The molecular formula is C20H17N5O4. The number of methoxy groups -OCH3 is 1. The van der Waals surface area contributed by atoms with Gasteiger partial charge in [-0.05, 0) is 35.0 Å². The number of fused-ring (bicyclic) bond motifs is 1. The Morgan fingerprint density at radius 3 is 2.62 bits per heavy atom. The van der Waals surface area contributed by atoms with E-state index in [4.69, 9.17) is 4.74 Å². The number of esters is 1. The second kappa shape index (κ2) is 7.19. The third-order valence-corrected chi connectivity index (χ3v) is 4.65. The summed E-state index contributed by atoms with van der Waals surface area (Å²) in [7, 11) is 1.23. The molecule has 0 radical (unpaired) electrons. The van der Waals surface area contributed by atoms with Crippen molar-refractivity contribution in [2.75, 3.05) is 12.4 Å². The van der Waals surface area contributed by atoms with Crippen molar-refractivity contribution in [3.8, 4) is 5.75 Å². The van der Waals surface area contributed by atoms with Crippen LogP contribution in [0, 0.1) is 6.92 Å². The molecule has 2 N–H and O–H groups in total. The van der Waals surface area contributed by atoms with Gasteiger partial charge in [0.15, 0.2) is 5.78 Å². The Balaban J connectivity index is 1.95. The van der Waals surface area contributed by atoms with E-state index < -0.39 is 12.0 Å². The van der Waals surface area contributed by atoms with Crippen LogP contribution in [0.15, 0.2) is 59.8 Å². The number of allylic oxidation sites excluding steroid dienone is 1. The number of hydrogen-bond acceptors (Lipinski definition) is 8. The van der Waals surface area contributed by atoms with Gasteiger partial charge in [0.1, 0.15) is 17.5 Å².